The highest BCUT2D eigenvalue weighted by Gasteiger charge is 2.52. The highest BCUT2D eigenvalue weighted by Crippen LogP contribution is 2.56. The van der Waals surface area contributed by atoms with Gasteiger partial charge in [0.1, 0.15) is 0 Å². The average Bonchev–Trinajstić information content (AvgIpc) is 2.66. The molecule has 5 unspecified atom stereocenters. The van der Waals surface area contributed by atoms with Crippen LogP contribution in [0.3, 0.4) is 0 Å². The molecule has 2 heteroatoms. The van der Waals surface area contributed by atoms with Gasteiger partial charge in [-0.25, -0.2) is 0 Å². The Morgan fingerprint density at radius 2 is 1.95 bits per heavy atom. The number of aliphatic hydroxyl groups excluding tert-OH is 1. The standard InChI is InChI=1S/C18H35NO/c1-17(2,3)11-5-7-15(19)13-9-10-14-16(20)8-6-12-18(13,14)4/h13-16,20H,5-12,19H2,1-4H3. The van der Waals surface area contributed by atoms with E-state index in [4.69, 9.17) is 5.73 Å². The van der Waals surface area contributed by atoms with Crippen LogP contribution in [0.5, 0.6) is 0 Å². The van der Waals surface area contributed by atoms with E-state index in [9.17, 15) is 5.11 Å². The van der Waals surface area contributed by atoms with Crippen molar-refractivity contribution in [3.05, 3.63) is 0 Å². The number of rotatable bonds is 4. The average molecular weight is 281 g/mol. The van der Waals surface area contributed by atoms with Crippen LogP contribution >= 0.6 is 0 Å². The van der Waals surface area contributed by atoms with E-state index in [1.807, 2.05) is 0 Å². The maximum Gasteiger partial charge on any atom is 0.0573 e. The van der Waals surface area contributed by atoms with Crippen LogP contribution < -0.4 is 5.73 Å². The Morgan fingerprint density at radius 1 is 1.25 bits per heavy atom. The number of hydrogen-bond donors (Lipinski definition) is 2. The lowest BCUT2D eigenvalue weighted by atomic mass is 9.62. The van der Waals surface area contributed by atoms with Crippen LogP contribution in [-0.4, -0.2) is 17.3 Å². The summed E-state index contributed by atoms with van der Waals surface area (Å²) in [7, 11) is 0. The molecule has 0 bridgehead atoms. The predicted molar refractivity (Wildman–Crippen MR) is 85.5 cm³/mol. The summed E-state index contributed by atoms with van der Waals surface area (Å²) in [5.41, 5.74) is 7.29. The van der Waals surface area contributed by atoms with Crippen molar-refractivity contribution in [3.8, 4) is 0 Å². The van der Waals surface area contributed by atoms with Gasteiger partial charge in [0.2, 0.25) is 0 Å². The van der Waals surface area contributed by atoms with E-state index in [0.717, 1.165) is 12.8 Å². The zero-order valence-corrected chi connectivity index (χ0v) is 14.0. The van der Waals surface area contributed by atoms with Crippen molar-refractivity contribution in [2.45, 2.75) is 91.2 Å². The summed E-state index contributed by atoms with van der Waals surface area (Å²) in [5, 5.41) is 10.3. The Morgan fingerprint density at radius 3 is 2.60 bits per heavy atom. The lowest BCUT2D eigenvalue weighted by Crippen LogP contribution is -2.45. The molecular formula is C18H35NO. The molecule has 0 heterocycles. The van der Waals surface area contributed by atoms with E-state index >= 15 is 0 Å². The van der Waals surface area contributed by atoms with Gasteiger partial charge >= 0.3 is 0 Å². The molecule has 0 spiro atoms. The summed E-state index contributed by atoms with van der Waals surface area (Å²) in [6.07, 6.45) is 9.46. The minimum absolute atomic E-state index is 0.0690. The Balaban J connectivity index is 1.92. The Kier molecular flexibility index (Phi) is 4.86. The third-order valence-corrected chi connectivity index (χ3v) is 6.14. The van der Waals surface area contributed by atoms with Crippen molar-refractivity contribution >= 4 is 0 Å². The van der Waals surface area contributed by atoms with Gasteiger partial charge in [0.15, 0.2) is 0 Å². The first-order valence-corrected chi connectivity index (χ1v) is 8.68. The molecule has 2 rings (SSSR count). The molecule has 2 nitrogen and oxygen atoms in total. The molecule has 0 aromatic heterocycles. The quantitative estimate of drug-likeness (QED) is 0.814. The van der Waals surface area contributed by atoms with Crippen molar-refractivity contribution in [2.24, 2.45) is 28.4 Å². The summed E-state index contributed by atoms with van der Waals surface area (Å²) < 4.78 is 0. The van der Waals surface area contributed by atoms with E-state index in [1.54, 1.807) is 0 Å². The van der Waals surface area contributed by atoms with E-state index in [2.05, 4.69) is 27.7 Å². The molecule has 0 saturated heterocycles. The molecule has 118 valence electrons. The summed E-state index contributed by atoms with van der Waals surface area (Å²) in [6, 6.07) is 0.331. The van der Waals surface area contributed by atoms with Gasteiger partial charge < -0.3 is 10.8 Å². The van der Waals surface area contributed by atoms with Crippen molar-refractivity contribution in [2.75, 3.05) is 0 Å². The molecule has 2 saturated carbocycles. The van der Waals surface area contributed by atoms with Crippen LogP contribution in [0.25, 0.3) is 0 Å². The van der Waals surface area contributed by atoms with Crippen LogP contribution in [0.4, 0.5) is 0 Å². The van der Waals surface area contributed by atoms with E-state index in [1.165, 1.54) is 38.5 Å². The number of fused-ring (bicyclic) bond motifs is 1. The lowest BCUT2D eigenvalue weighted by molar-refractivity contribution is -0.0220. The molecule has 20 heavy (non-hydrogen) atoms. The zero-order chi connectivity index (χ0) is 15.0. The predicted octanol–water partition coefficient (Wildman–Crippen LogP) is 4.11. The zero-order valence-electron chi connectivity index (χ0n) is 14.0. The summed E-state index contributed by atoms with van der Waals surface area (Å²) in [4.78, 5) is 0. The summed E-state index contributed by atoms with van der Waals surface area (Å²) in [5.74, 6) is 1.14. The second-order valence-corrected chi connectivity index (χ2v) is 8.87. The van der Waals surface area contributed by atoms with Crippen LogP contribution in [0.2, 0.25) is 0 Å². The normalized spacial score (nSPS) is 39.6. The number of aliphatic hydroxyl groups is 1. The summed E-state index contributed by atoms with van der Waals surface area (Å²) in [6.45, 7) is 9.33. The van der Waals surface area contributed by atoms with Gasteiger partial charge in [0.05, 0.1) is 6.10 Å². The van der Waals surface area contributed by atoms with Crippen LogP contribution in [0.15, 0.2) is 0 Å². The third-order valence-electron chi connectivity index (χ3n) is 6.14. The fourth-order valence-corrected chi connectivity index (χ4v) is 4.96. The maximum absolute atomic E-state index is 10.3. The van der Waals surface area contributed by atoms with Gasteiger partial charge in [-0.15, -0.1) is 0 Å². The van der Waals surface area contributed by atoms with E-state index in [0.29, 0.717) is 28.7 Å². The largest absolute Gasteiger partial charge is 0.393 e. The fraction of sp³-hybridized carbons (Fsp3) is 1.00. The monoisotopic (exact) mass is 281 g/mol. The van der Waals surface area contributed by atoms with Crippen molar-refractivity contribution in [1.82, 2.24) is 0 Å². The Labute approximate surface area is 125 Å². The molecule has 5 atom stereocenters. The first-order chi connectivity index (χ1) is 9.24. The molecule has 0 amide bonds. The lowest BCUT2D eigenvalue weighted by Gasteiger charge is -2.45. The molecular weight excluding hydrogens is 246 g/mol. The van der Waals surface area contributed by atoms with Gasteiger partial charge in [0.25, 0.3) is 0 Å². The van der Waals surface area contributed by atoms with Gasteiger partial charge in [-0.2, -0.15) is 0 Å². The van der Waals surface area contributed by atoms with Gasteiger partial charge in [-0.1, -0.05) is 40.5 Å². The third kappa shape index (κ3) is 3.39. The first-order valence-electron chi connectivity index (χ1n) is 8.68. The molecule has 0 aromatic rings. The molecule has 3 N–H and O–H groups in total. The Bertz CT molecular complexity index is 322. The van der Waals surface area contributed by atoms with Crippen LogP contribution in [0, 0.1) is 22.7 Å². The topological polar surface area (TPSA) is 46.2 Å². The first kappa shape index (κ1) is 16.3. The van der Waals surface area contributed by atoms with Crippen LogP contribution in [-0.2, 0) is 0 Å². The molecule has 2 aliphatic rings. The molecule has 0 aliphatic heterocycles. The highest BCUT2D eigenvalue weighted by molar-refractivity contribution is 5.03. The minimum Gasteiger partial charge on any atom is -0.393 e. The van der Waals surface area contributed by atoms with Crippen LogP contribution in [0.1, 0.15) is 79.1 Å². The number of nitrogens with two attached hydrogens (primary N) is 1. The van der Waals surface area contributed by atoms with E-state index < -0.39 is 0 Å². The molecule has 2 fully saturated rings. The van der Waals surface area contributed by atoms with Crippen molar-refractivity contribution < 1.29 is 5.11 Å². The Hall–Kier alpha value is -0.0800. The minimum atomic E-state index is -0.0690. The highest BCUT2D eigenvalue weighted by atomic mass is 16.3. The maximum atomic E-state index is 10.3. The van der Waals surface area contributed by atoms with Crippen molar-refractivity contribution in [3.63, 3.8) is 0 Å². The van der Waals surface area contributed by atoms with Gasteiger partial charge in [-0.05, 0) is 61.2 Å². The van der Waals surface area contributed by atoms with Gasteiger partial charge in [-0.3, -0.25) is 0 Å². The van der Waals surface area contributed by atoms with E-state index in [-0.39, 0.29) is 6.10 Å². The van der Waals surface area contributed by atoms with Gasteiger partial charge in [0, 0.05) is 6.04 Å². The fourth-order valence-electron chi connectivity index (χ4n) is 4.96. The SMILES string of the molecule is CC(C)(C)CCCC(N)C1CCC2C(O)CCCC12C. The molecule has 2 aliphatic carbocycles. The second-order valence-electron chi connectivity index (χ2n) is 8.87. The molecule has 0 aromatic carbocycles. The second kappa shape index (κ2) is 5.96. The van der Waals surface area contributed by atoms with Crippen molar-refractivity contribution in [1.29, 1.82) is 0 Å². The molecule has 0 radical (unpaired) electrons. The summed E-state index contributed by atoms with van der Waals surface area (Å²) >= 11 is 0. The number of hydrogen-bond acceptors (Lipinski definition) is 2. The smallest absolute Gasteiger partial charge is 0.0573 e.